The molecule has 0 saturated carbocycles. The summed E-state index contributed by atoms with van der Waals surface area (Å²) in [5.41, 5.74) is 3.09. The van der Waals surface area contributed by atoms with Crippen LogP contribution in [0, 0.1) is 6.92 Å². The largest absolute Gasteiger partial charge is 0.296 e. The number of hydrogen-bond donors (Lipinski definition) is 0. The average Bonchev–Trinajstić information content (AvgIpc) is 2.90. The summed E-state index contributed by atoms with van der Waals surface area (Å²) in [6.07, 6.45) is 0.822. The van der Waals surface area contributed by atoms with E-state index in [2.05, 4.69) is 4.98 Å². The first kappa shape index (κ1) is 12.7. The third kappa shape index (κ3) is 1.96. The summed E-state index contributed by atoms with van der Waals surface area (Å²) < 4.78 is 1.84. The average molecular weight is 311 g/mol. The summed E-state index contributed by atoms with van der Waals surface area (Å²) >= 11 is 13.4. The second kappa shape index (κ2) is 4.63. The molecule has 19 heavy (non-hydrogen) atoms. The molecule has 0 spiro atoms. The highest BCUT2D eigenvalue weighted by Gasteiger charge is 2.15. The summed E-state index contributed by atoms with van der Waals surface area (Å²) in [6, 6.07) is 5.40. The number of hydrogen-bond acceptors (Lipinski definition) is 3. The van der Waals surface area contributed by atoms with Gasteiger partial charge in [0.25, 0.3) is 0 Å². The number of halogens is 2. The first-order chi connectivity index (χ1) is 9.11. The smallest absolute Gasteiger partial charge is 0.194 e. The molecule has 1 aromatic carbocycles. The lowest BCUT2D eigenvalue weighted by Gasteiger charge is -2.03. The van der Waals surface area contributed by atoms with E-state index in [1.165, 1.54) is 11.3 Å². The lowest BCUT2D eigenvalue weighted by atomic mass is 10.2. The summed E-state index contributed by atoms with van der Waals surface area (Å²) in [5, 5.41) is 2.95. The van der Waals surface area contributed by atoms with E-state index in [1.807, 2.05) is 22.8 Å². The van der Waals surface area contributed by atoms with Crippen LogP contribution >= 0.6 is 34.5 Å². The lowest BCUT2D eigenvalue weighted by molar-refractivity contribution is 0.111. The number of thiazole rings is 1. The number of nitrogens with zero attached hydrogens (tertiary/aromatic N) is 2. The van der Waals surface area contributed by atoms with Gasteiger partial charge in [-0.25, -0.2) is 4.98 Å². The van der Waals surface area contributed by atoms with E-state index in [4.69, 9.17) is 23.2 Å². The molecule has 0 saturated heterocycles. The van der Waals surface area contributed by atoms with Gasteiger partial charge in [0.05, 0.1) is 21.4 Å². The van der Waals surface area contributed by atoms with Crippen LogP contribution in [0.2, 0.25) is 10.0 Å². The molecule has 0 N–H and O–H groups in total. The third-order valence-corrected chi connectivity index (χ3v) is 4.47. The van der Waals surface area contributed by atoms with Gasteiger partial charge in [-0.2, -0.15) is 0 Å². The van der Waals surface area contributed by atoms with Gasteiger partial charge in [-0.3, -0.25) is 9.20 Å². The molecule has 0 aliphatic carbocycles. The Bertz CT molecular complexity index is 791. The fourth-order valence-electron chi connectivity index (χ4n) is 1.98. The van der Waals surface area contributed by atoms with Crippen molar-refractivity contribution in [3.8, 4) is 11.3 Å². The van der Waals surface area contributed by atoms with E-state index in [0.29, 0.717) is 15.7 Å². The molecule has 3 aromatic rings. The van der Waals surface area contributed by atoms with Crippen molar-refractivity contribution in [2.75, 3.05) is 0 Å². The van der Waals surface area contributed by atoms with Crippen LogP contribution in [0.3, 0.4) is 0 Å². The monoisotopic (exact) mass is 310 g/mol. The SMILES string of the molecule is Cc1nc2scc(-c3ccc(Cl)c(Cl)c3)n2c1C=O. The highest BCUT2D eigenvalue weighted by atomic mass is 35.5. The Labute approximate surface area is 123 Å². The van der Waals surface area contributed by atoms with Crippen molar-refractivity contribution in [2.45, 2.75) is 6.92 Å². The first-order valence-electron chi connectivity index (χ1n) is 5.49. The van der Waals surface area contributed by atoms with Gasteiger partial charge in [-0.05, 0) is 19.1 Å². The zero-order chi connectivity index (χ0) is 13.6. The molecule has 0 aliphatic rings. The van der Waals surface area contributed by atoms with Crippen LogP contribution in [0.4, 0.5) is 0 Å². The highest BCUT2D eigenvalue weighted by Crippen LogP contribution is 2.32. The fraction of sp³-hybridized carbons (Fsp3) is 0.0769. The minimum atomic E-state index is 0.489. The van der Waals surface area contributed by atoms with Crippen LogP contribution in [0.25, 0.3) is 16.2 Å². The van der Waals surface area contributed by atoms with E-state index in [-0.39, 0.29) is 0 Å². The van der Waals surface area contributed by atoms with Crippen LogP contribution < -0.4 is 0 Å². The fourth-order valence-corrected chi connectivity index (χ4v) is 3.23. The van der Waals surface area contributed by atoms with Gasteiger partial charge >= 0.3 is 0 Å². The van der Waals surface area contributed by atoms with Crippen LogP contribution in [-0.2, 0) is 0 Å². The lowest BCUT2D eigenvalue weighted by Crippen LogP contribution is -1.93. The summed E-state index contributed by atoms with van der Waals surface area (Å²) in [6.45, 7) is 1.82. The molecule has 0 radical (unpaired) electrons. The number of fused-ring (bicyclic) bond motifs is 1. The molecule has 3 nitrogen and oxygen atoms in total. The molecule has 0 amide bonds. The Morgan fingerprint density at radius 1 is 1.32 bits per heavy atom. The van der Waals surface area contributed by atoms with E-state index in [0.717, 1.165) is 28.2 Å². The Morgan fingerprint density at radius 2 is 2.11 bits per heavy atom. The van der Waals surface area contributed by atoms with Gasteiger partial charge < -0.3 is 0 Å². The molecule has 2 heterocycles. The summed E-state index contributed by atoms with van der Waals surface area (Å²) in [4.78, 5) is 16.4. The summed E-state index contributed by atoms with van der Waals surface area (Å²) in [5.74, 6) is 0. The van der Waals surface area contributed by atoms with Gasteiger partial charge in [0.1, 0.15) is 5.69 Å². The number of carbonyl (C=O) groups is 1. The van der Waals surface area contributed by atoms with E-state index in [1.54, 1.807) is 12.1 Å². The first-order valence-corrected chi connectivity index (χ1v) is 7.12. The summed E-state index contributed by atoms with van der Waals surface area (Å²) in [7, 11) is 0. The van der Waals surface area contributed by atoms with Gasteiger partial charge in [-0.1, -0.05) is 29.3 Å². The molecule has 0 bridgehead atoms. The Balaban J connectivity index is 2.30. The number of aryl methyl sites for hydroxylation is 1. The molecule has 0 aliphatic heterocycles. The van der Waals surface area contributed by atoms with Gasteiger partial charge in [-0.15, -0.1) is 11.3 Å². The highest BCUT2D eigenvalue weighted by molar-refractivity contribution is 7.15. The van der Waals surface area contributed by atoms with Gasteiger partial charge in [0.15, 0.2) is 11.2 Å². The maximum absolute atomic E-state index is 11.2. The molecular weight excluding hydrogens is 303 g/mol. The number of rotatable bonds is 2. The number of aromatic nitrogens is 2. The van der Waals surface area contributed by atoms with Crippen LogP contribution in [0.1, 0.15) is 16.2 Å². The molecular formula is C13H8Cl2N2OS. The topological polar surface area (TPSA) is 34.4 Å². The second-order valence-electron chi connectivity index (χ2n) is 4.07. The maximum atomic E-state index is 11.2. The van der Waals surface area contributed by atoms with E-state index in [9.17, 15) is 4.79 Å². The van der Waals surface area contributed by atoms with E-state index < -0.39 is 0 Å². The predicted molar refractivity (Wildman–Crippen MR) is 78.6 cm³/mol. The third-order valence-electron chi connectivity index (χ3n) is 2.91. The van der Waals surface area contributed by atoms with E-state index >= 15 is 0 Å². The Kier molecular flexibility index (Phi) is 3.09. The molecule has 2 aromatic heterocycles. The zero-order valence-corrected chi connectivity index (χ0v) is 12.2. The minimum Gasteiger partial charge on any atom is -0.296 e. The Hall–Kier alpha value is -1.36. The van der Waals surface area contributed by atoms with Crippen molar-refractivity contribution in [1.82, 2.24) is 9.38 Å². The van der Waals surface area contributed by atoms with Gasteiger partial charge in [0.2, 0.25) is 0 Å². The van der Waals surface area contributed by atoms with Crippen molar-refractivity contribution in [1.29, 1.82) is 0 Å². The molecule has 6 heteroatoms. The van der Waals surface area contributed by atoms with Crippen molar-refractivity contribution >= 4 is 45.8 Å². The van der Waals surface area contributed by atoms with Crippen LogP contribution in [-0.4, -0.2) is 15.7 Å². The maximum Gasteiger partial charge on any atom is 0.194 e. The number of carbonyl (C=O) groups excluding carboxylic acids is 1. The van der Waals surface area contributed by atoms with Gasteiger partial charge in [0, 0.05) is 10.9 Å². The molecule has 0 fully saturated rings. The van der Waals surface area contributed by atoms with Crippen molar-refractivity contribution < 1.29 is 4.79 Å². The quantitative estimate of drug-likeness (QED) is 0.653. The van der Waals surface area contributed by atoms with Crippen molar-refractivity contribution in [3.63, 3.8) is 0 Å². The Morgan fingerprint density at radius 3 is 2.79 bits per heavy atom. The number of benzene rings is 1. The normalized spacial score (nSPS) is 11.1. The molecule has 3 rings (SSSR count). The van der Waals surface area contributed by atoms with Crippen molar-refractivity contribution in [3.05, 3.63) is 45.0 Å². The zero-order valence-electron chi connectivity index (χ0n) is 9.85. The molecule has 96 valence electrons. The molecule has 0 atom stereocenters. The number of imidazole rings is 1. The standard InChI is InChI=1S/C13H8Cl2N2OS/c1-7-11(5-18)17-12(6-19-13(17)16-7)8-2-3-9(14)10(15)4-8/h2-6H,1H3. The molecule has 0 unspecified atom stereocenters. The minimum absolute atomic E-state index is 0.489. The van der Waals surface area contributed by atoms with Crippen LogP contribution in [0.5, 0.6) is 0 Å². The predicted octanol–water partition coefficient (Wildman–Crippen LogP) is 4.49. The number of aldehydes is 1. The van der Waals surface area contributed by atoms with Crippen LogP contribution in [0.15, 0.2) is 23.6 Å². The second-order valence-corrected chi connectivity index (χ2v) is 5.72. The van der Waals surface area contributed by atoms with Crippen molar-refractivity contribution in [2.24, 2.45) is 0 Å².